The Morgan fingerprint density at radius 1 is 1.50 bits per heavy atom. The molecule has 0 atom stereocenters. The fraction of sp³-hybridized carbons (Fsp3) is 0.500. The summed E-state index contributed by atoms with van der Waals surface area (Å²) in [6.45, 7) is 4.65. The highest BCUT2D eigenvalue weighted by Crippen LogP contribution is 2.16. The number of carbonyl (C=O) groups is 1. The molecule has 0 bridgehead atoms. The second kappa shape index (κ2) is 5.07. The number of pyridine rings is 1. The van der Waals surface area contributed by atoms with E-state index in [2.05, 4.69) is 10.3 Å². The molecule has 0 unspecified atom stereocenters. The van der Waals surface area contributed by atoms with Crippen molar-refractivity contribution in [1.29, 1.82) is 0 Å². The Morgan fingerprint density at radius 3 is 2.69 bits per heavy atom. The van der Waals surface area contributed by atoms with Crippen LogP contribution in [-0.4, -0.2) is 30.5 Å². The van der Waals surface area contributed by atoms with Gasteiger partial charge in [0.05, 0.1) is 0 Å². The number of anilines is 1. The lowest BCUT2D eigenvalue weighted by atomic mass is 9.98. The molecule has 1 aromatic heterocycles. The third-order valence-corrected chi connectivity index (χ3v) is 2.92. The van der Waals surface area contributed by atoms with E-state index in [0.717, 1.165) is 18.8 Å². The molecule has 1 aliphatic heterocycles. The van der Waals surface area contributed by atoms with Crippen molar-refractivity contribution in [2.24, 2.45) is 5.92 Å². The van der Waals surface area contributed by atoms with Gasteiger partial charge in [-0.05, 0) is 38.1 Å². The lowest BCUT2D eigenvalue weighted by Crippen LogP contribution is -2.45. The van der Waals surface area contributed by atoms with Crippen LogP contribution in [0.1, 0.15) is 13.3 Å². The third-order valence-electron chi connectivity index (χ3n) is 2.92. The molecule has 1 aliphatic rings. The fourth-order valence-corrected chi connectivity index (χ4v) is 1.88. The van der Waals surface area contributed by atoms with Crippen molar-refractivity contribution in [2.75, 3.05) is 24.5 Å². The first-order valence-corrected chi connectivity index (χ1v) is 5.72. The van der Waals surface area contributed by atoms with E-state index in [4.69, 9.17) is 0 Å². The lowest BCUT2D eigenvalue weighted by Gasteiger charge is -2.29. The van der Waals surface area contributed by atoms with Crippen LogP contribution in [-0.2, 0) is 4.79 Å². The van der Waals surface area contributed by atoms with Crippen molar-refractivity contribution in [1.82, 2.24) is 10.3 Å². The average Bonchev–Trinajstić information content (AvgIpc) is 2.26. The Labute approximate surface area is 95.7 Å². The minimum Gasteiger partial charge on any atom is -0.316 e. The smallest absolute Gasteiger partial charge is 0.227 e. The number of hydrogen-bond donors (Lipinski definition) is 1. The molecule has 2 heterocycles. The zero-order chi connectivity index (χ0) is 11.4. The van der Waals surface area contributed by atoms with Crippen LogP contribution in [0.5, 0.6) is 0 Å². The molecule has 0 aliphatic carbocycles. The fourth-order valence-electron chi connectivity index (χ4n) is 1.88. The van der Waals surface area contributed by atoms with Crippen molar-refractivity contribution in [3.63, 3.8) is 0 Å². The largest absolute Gasteiger partial charge is 0.316 e. The van der Waals surface area contributed by atoms with Gasteiger partial charge in [-0.3, -0.25) is 9.78 Å². The van der Waals surface area contributed by atoms with E-state index in [1.165, 1.54) is 0 Å². The highest BCUT2D eigenvalue weighted by molar-refractivity contribution is 5.93. The topological polar surface area (TPSA) is 45.2 Å². The van der Waals surface area contributed by atoms with Gasteiger partial charge in [-0.15, -0.1) is 0 Å². The normalized spacial score (nSPS) is 15.6. The predicted octanol–water partition coefficient (Wildman–Crippen LogP) is 1.04. The summed E-state index contributed by atoms with van der Waals surface area (Å²) in [5.74, 6) is 0.726. The summed E-state index contributed by atoms with van der Waals surface area (Å²) in [7, 11) is 0. The highest BCUT2D eigenvalue weighted by atomic mass is 16.2. The maximum absolute atomic E-state index is 12.1. The Morgan fingerprint density at radius 2 is 2.19 bits per heavy atom. The number of carbonyl (C=O) groups excluding carboxylic acids is 1. The zero-order valence-corrected chi connectivity index (χ0v) is 9.52. The quantitative estimate of drug-likeness (QED) is 0.823. The summed E-state index contributed by atoms with van der Waals surface area (Å²) < 4.78 is 0. The molecule has 4 heteroatoms. The number of aromatic nitrogens is 1. The molecule has 86 valence electrons. The molecule has 1 amide bonds. The van der Waals surface area contributed by atoms with E-state index in [0.29, 0.717) is 18.9 Å². The van der Waals surface area contributed by atoms with Gasteiger partial charge < -0.3 is 10.2 Å². The van der Waals surface area contributed by atoms with E-state index in [1.54, 1.807) is 12.4 Å². The molecule has 0 radical (unpaired) electrons. The molecule has 1 N–H and O–H groups in total. The zero-order valence-electron chi connectivity index (χ0n) is 9.52. The maximum Gasteiger partial charge on any atom is 0.227 e. The summed E-state index contributed by atoms with van der Waals surface area (Å²) >= 11 is 0. The molecule has 16 heavy (non-hydrogen) atoms. The van der Waals surface area contributed by atoms with Crippen molar-refractivity contribution >= 4 is 11.6 Å². The average molecular weight is 219 g/mol. The second-order valence-electron chi connectivity index (χ2n) is 4.07. The minimum atomic E-state index is 0.209. The van der Waals surface area contributed by atoms with Gasteiger partial charge in [0.1, 0.15) is 0 Å². The van der Waals surface area contributed by atoms with Crippen LogP contribution in [0.25, 0.3) is 0 Å². The van der Waals surface area contributed by atoms with Crippen LogP contribution in [0.3, 0.4) is 0 Å². The standard InChI is InChI=1S/C12H17N3O/c1-2-15(11-3-5-13-6-4-11)12(16)7-10-8-14-9-10/h3-6,10,14H,2,7-9H2,1H3. The van der Waals surface area contributed by atoms with Crippen molar-refractivity contribution in [3.8, 4) is 0 Å². The van der Waals surface area contributed by atoms with Gasteiger partial charge in [0.2, 0.25) is 5.91 Å². The highest BCUT2D eigenvalue weighted by Gasteiger charge is 2.23. The van der Waals surface area contributed by atoms with Crippen molar-refractivity contribution < 1.29 is 4.79 Å². The van der Waals surface area contributed by atoms with Crippen LogP contribution >= 0.6 is 0 Å². The summed E-state index contributed by atoms with van der Waals surface area (Å²) in [5.41, 5.74) is 0.940. The number of nitrogens with zero attached hydrogens (tertiary/aromatic N) is 2. The summed E-state index contributed by atoms with van der Waals surface area (Å²) in [5, 5.41) is 3.18. The molecule has 4 nitrogen and oxygen atoms in total. The Kier molecular flexibility index (Phi) is 3.51. The van der Waals surface area contributed by atoms with Crippen LogP contribution < -0.4 is 10.2 Å². The van der Waals surface area contributed by atoms with Gasteiger partial charge in [0, 0.05) is 31.0 Å². The lowest BCUT2D eigenvalue weighted by molar-refractivity contribution is -0.119. The summed E-state index contributed by atoms with van der Waals surface area (Å²) in [6.07, 6.45) is 4.08. The van der Waals surface area contributed by atoms with E-state index < -0.39 is 0 Å². The SMILES string of the molecule is CCN(C(=O)CC1CNC1)c1ccncc1. The van der Waals surface area contributed by atoms with Crippen molar-refractivity contribution in [3.05, 3.63) is 24.5 Å². The molecular weight excluding hydrogens is 202 g/mol. The Bertz CT molecular complexity index is 349. The summed E-state index contributed by atoms with van der Waals surface area (Å²) in [4.78, 5) is 17.8. The third kappa shape index (κ3) is 2.39. The number of nitrogens with one attached hydrogen (secondary N) is 1. The van der Waals surface area contributed by atoms with Gasteiger partial charge in [0.25, 0.3) is 0 Å². The van der Waals surface area contributed by atoms with E-state index >= 15 is 0 Å². The molecule has 1 aromatic rings. The van der Waals surface area contributed by atoms with E-state index in [9.17, 15) is 4.79 Å². The Balaban J connectivity index is 2.01. The van der Waals surface area contributed by atoms with E-state index in [-0.39, 0.29) is 5.91 Å². The van der Waals surface area contributed by atoms with Gasteiger partial charge in [0.15, 0.2) is 0 Å². The molecule has 0 aromatic carbocycles. The van der Waals surface area contributed by atoms with Crippen LogP contribution in [0.4, 0.5) is 5.69 Å². The molecule has 1 saturated heterocycles. The van der Waals surface area contributed by atoms with Crippen LogP contribution in [0.2, 0.25) is 0 Å². The number of rotatable bonds is 4. The number of amides is 1. The summed E-state index contributed by atoms with van der Waals surface area (Å²) in [6, 6.07) is 3.75. The number of hydrogen-bond acceptors (Lipinski definition) is 3. The Hall–Kier alpha value is -1.42. The van der Waals surface area contributed by atoms with Gasteiger partial charge >= 0.3 is 0 Å². The molecule has 2 rings (SSSR count). The monoisotopic (exact) mass is 219 g/mol. The maximum atomic E-state index is 12.1. The predicted molar refractivity (Wildman–Crippen MR) is 63.2 cm³/mol. The first-order valence-electron chi connectivity index (χ1n) is 5.72. The van der Waals surface area contributed by atoms with Crippen LogP contribution in [0, 0.1) is 5.92 Å². The molecule has 1 fully saturated rings. The van der Waals surface area contributed by atoms with Gasteiger partial charge in [-0.25, -0.2) is 0 Å². The molecule has 0 spiro atoms. The van der Waals surface area contributed by atoms with Gasteiger partial charge in [-0.2, -0.15) is 0 Å². The molecular formula is C12H17N3O. The minimum absolute atomic E-state index is 0.209. The van der Waals surface area contributed by atoms with E-state index in [1.807, 2.05) is 24.0 Å². The van der Waals surface area contributed by atoms with Crippen LogP contribution in [0.15, 0.2) is 24.5 Å². The first-order chi connectivity index (χ1) is 7.81. The molecule has 0 saturated carbocycles. The van der Waals surface area contributed by atoms with Gasteiger partial charge in [-0.1, -0.05) is 0 Å². The first kappa shape index (κ1) is 11.1. The second-order valence-corrected chi connectivity index (χ2v) is 4.07. The van der Waals surface area contributed by atoms with Crippen molar-refractivity contribution in [2.45, 2.75) is 13.3 Å².